The molecule has 0 radical (unpaired) electrons. The van der Waals surface area contributed by atoms with Crippen molar-refractivity contribution in [2.75, 3.05) is 26.3 Å². The van der Waals surface area contributed by atoms with Crippen LogP contribution >= 0.6 is 11.6 Å². The molecule has 1 unspecified atom stereocenters. The second kappa shape index (κ2) is 6.58. The predicted molar refractivity (Wildman–Crippen MR) is 70.9 cm³/mol. The van der Waals surface area contributed by atoms with Crippen molar-refractivity contribution in [1.82, 2.24) is 4.90 Å². The van der Waals surface area contributed by atoms with Crippen LogP contribution in [0, 0.1) is 0 Å². The summed E-state index contributed by atoms with van der Waals surface area (Å²) in [7, 11) is 0. The summed E-state index contributed by atoms with van der Waals surface area (Å²) in [6.45, 7) is 0.402. The van der Waals surface area contributed by atoms with Crippen LogP contribution in [0.15, 0.2) is 24.3 Å². The van der Waals surface area contributed by atoms with Gasteiger partial charge < -0.3 is 19.5 Å². The first-order valence-electron chi connectivity index (χ1n) is 6.07. The highest BCUT2D eigenvalue weighted by atomic mass is 35.5. The van der Waals surface area contributed by atoms with Crippen molar-refractivity contribution in [3.8, 4) is 5.75 Å². The number of para-hydroxylation sites is 1. The Morgan fingerprint density at radius 3 is 2.90 bits per heavy atom. The molecule has 0 bridgehead atoms. The van der Waals surface area contributed by atoms with E-state index in [1.54, 1.807) is 24.3 Å². The van der Waals surface area contributed by atoms with Gasteiger partial charge in [-0.15, -0.1) is 0 Å². The fourth-order valence-corrected chi connectivity index (χ4v) is 2.01. The van der Waals surface area contributed by atoms with E-state index in [1.165, 1.54) is 4.90 Å². The van der Waals surface area contributed by atoms with Gasteiger partial charge in [-0.25, -0.2) is 4.79 Å². The second-order valence-corrected chi connectivity index (χ2v) is 4.66. The Labute approximate surface area is 120 Å². The first-order chi connectivity index (χ1) is 9.58. The van der Waals surface area contributed by atoms with Crippen LogP contribution in [0.3, 0.4) is 0 Å². The average molecular weight is 300 g/mol. The number of carbonyl (C=O) groups is 2. The molecule has 1 amide bonds. The summed E-state index contributed by atoms with van der Waals surface area (Å²) in [5.41, 5.74) is 0. The average Bonchev–Trinajstić information content (AvgIpc) is 2.46. The number of nitrogens with zero attached hydrogens (tertiary/aromatic N) is 1. The molecule has 1 saturated heterocycles. The fraction of sp³-hybridized carbons (Fsp3) is 0.385. The minimum Gasteiger partial charge on any atom is -0.482 e. The lowest BCUT2D eigenvalue weighted by atomic mass is 10.2. The molecule has 6 nitrogen and oxygen atoms in total. The molecule has 108 valence electrons. The highest BCUT2D eigenvalue weighted by Gasteiger charge is 2.29. The number of amides is 1. The molecule has 1 aliphatic rings. The first-order valence-corrected chi connectivity index (χ1v) is 6.45. The molecule has 1 aromatic rings. The number of hydrogen-bond donors (Lipinski definition) is 1. The maximum Gasteiger partial charge on any atom is 0.334 e. The van der Waals surface area contributed by atoms with Crippen LogP contribution in [0.5, 0.6) is 5.75 Å². The maximum absolute atomic E-state index is 12.0. The topological polar surface area (TPSA) is 76.1 Å². The summed E-state index contributed by atoms with van der Waals surface area (Å²) >= 11 is 5.91. The van der Waals surface area contributed by atoms with Gasteiger partial charge in [-0.3, -0.25) is 4.79 Å². The number of carboxylic acids is 1. The van der Waals surface area contributed by atoms with E-state index in [9.17, 15) is 9.59 Å². The highest BCUT2D eigenvalue weighted by molar-refractivity contribution is 6.32. The number of benzene rings is 1. The van der Waals surface area contributed by atoms with Crippen molar-refractivity contribution in [2.24, 2.45) is 0 Å². The first kappa shape index (κ1) is 14.6. The number of aliphatic carboxylic acids is 1. The Hall–Kier alpha value is -1.79. The Morgan fingerprint density at radius 2 is 2.20 bits per heavy atom. The number of hydrogen-bond acceptors (Lipinski definition) is 4. The zero-order chi connectivity index (χ0) is 14.5. The molecule has 1 N–H and O–H groups in total. The largest absolute Gasteiger partial charge is 0.482 e. The van der Waals surface area contributed by atoms with Gasteiger partial charge in [0.2, 0.25) is 0 Å². The molecule has 1 fully saturated rings. The molecule has 20 heavy (non-hydrogen) atoms. The zero-order valence-electron chi connectivity index (χ0n) is 10.6. The van der Waals surface area contributed by atoms with E-state index in [1.807, 2.05) is 0 Å². The Balaban J connectivity index is 1.89. The van der Waals surface area contributed by atoms with Crippen LogP contribution < -0.4 is 4.74 Å². The SMILES string of the molecule is O=C(O)C1CN(C(=O)COc2ccccc2Cl)CCO1. The lowest BCUT2D eigenvalue weighted by Crippen LogP contribution is -2.49. The van der Waals surface area contributed by atoms with E-state index < -0.39 is 12.1 Å². The molecule has 1 atom stereocenters. The lowest BCUT2D eigenvalue weighted by Gasteiger charge is -2.30. The highest BCUT2D eigenvalue weighted by Crippen LogP contribution is 2.23. The summed E-state index contributed by atoms with van der Waals surface area (Å²) < 4.78 is 10.4. The quantitative estimate of drug-likeness (QED) is 0.898. The third-order valence-electron chi connectivity index (χ3n) is 2.88. The molecule has 0 saturated carbocycles. The molecule has 0 spiro atoms. The lowest BCUT2D eigenvalue weighted by molar-refractivity contribution is -0.159. The molecule has 1 aromatic carbocycles. The van der Waals surface area contributed by atoms with Gasteiger partial charge in [0.1, 0.15) is 5.75 Å². The summed E-state index contributed by atoms with van der Waals surface area (Å²) in [5.74, 6) is -0.945. The maximum atomic E-state index is 12.0. The number of rotatable bonds is 4. The standard InChI is InChI=1S/C13H14ClNO5/c14-9-3-1-2-4-10(9)20-8-12(16)15-5-6-19-11(7-15)13(17)18/h1-4,11H,5-8H2,(H,17,18). The number of ether oxygens (including phenoxy) is 2. The van der Waals surface area contributed by atoms with E-state index >= 15 is 0 Å². The number of halogens is 1. The van der Waals surface area contributed by atoms with Gasteiger partial charge in [-0.1, -0.05) is 23.7 Å². The van der Waals surface area contributed by atoms with E-state index in [2.05, 4.69) is 0 Å². The molecular weight excluding hydrogens is 286 g/mol. The predicted octanol–water partition coefficient (Wildman–Crippen LogP) is 1.03. The monoisotopic (exact) mass is 299 g/mol. The number of carboxylic acid groups (broad SMARTS) is 1. The van der Waals surface area contributed by atoms with Crippen molar-refractivity contribution in [1.29, 1.82) is 0 Å². The Morgan fingerprint density at radius 1 is 1.45 bits per heavy atom. The molecule has 1 heterocycles. The molecule has 1 aliphatic heterocycles. The molecule has 7 heteroatoms. The van der Waals surface area contributed by atoms with E-state index in [0.717, 1.165) is 0 Å². The van der Waals surface area contributed by atoms with E-state index in [-0.39, 0.29) is 25.7 Å². The fourth-order valence-electron chi connectivity index (χ4n) is 1.82. The van der Waals surface area contributed by atoms with Crippen molar-refractivity contribution in [3.05, 3.63) is 29.3 Å². The summed E-state index contributed by atoms with van der Waals surface area (Å²) in [6, 6.07) is 6.84. The third-order valence-corrected chi connectivity index (χ3v) is 3.19. The second-order valence-electron chi connectivity index (χ2n) is 4.26. The van der Waals surface area contributed by atoms with Crippen molar-refractivity contribution < 1.29 is 24.2 Å². The summed E-state index contributed by atoms with van der Waals surface area (Å²) in [5, 5.41) is 9.29. The molecular formula is C13H14ClNO5. The van der Waals surface area contributed by atoms with Gasteiger partial charge in [0.05, 0.1) is 18.2 Å². The minimum atomic E-state index is -1.07. The summed E-state index contributed by atoms with van der Waals surface area (Å²) in [4.78, 5) is 24.2. The summed E-state index contributed by atoms with van der Waals surface area (Å²) in [6.07, 6.45) is -0.979. The van der Waals surface area contributed by atoms with Gasteiger partial charge in [0.15, 0.2) is 12.7 Å². The number of morpholine rings is 1. The van der Waals surface area contributed by atoms with Crippen molar-refractivity contribution in [3.63, 3.8) is 0 Å². The van der Waals surface area contributed by atoms with E-state index in [4.69, 9.17) is 26.2 Å². The van der Waals surface area contributed by atoms with Crippen LogP contribution in [0.2, 0.25) is 5.02 Å². The van der Waals surface area contributed by atoms with Crippen LogP contribution in [-0.4, -0.2) is 54.3 Å². The molecule has 0 aliphatic carbocycles. The van der Waals surface area contributed by atoms with Gasteiger partial charge in [-0.2, -0.15) is 0 Å². The van der Waals surface area contributed by atoms with Gasteiger partial charge in [-0.05, 0) is 12.1 Å². The van der Waals surface area contributed by atoms with Crippen LogP contribution in [0.25, 0.3) is 0 Å². The Bertz CT molecular complexity index is 507. The van der Waals surface area contributed by atoms with Crippen LogP contribution in [-0.2, 0) is 14.3 Å². The Kier molecular flexibility index (Phi) is 4.81. The van der Waals surface area contributed by atoms with Crippen molar-refractivity contribution in [2.45, 2.75) is 6.10 Å². The van der Waals surface area contributed by atoms with Crippen LogP contribution in [0.4, 0.5) is 0 Å². The van der Waals surface area contributed by atoms with Crippen LogP contribution in [0.1, 0.15) is 0 Å². The third kappa shape index (κ3) is 3.61. The smallest absolute Gasteiger partial charge is 0.334 e. The van der Waals surface area contributed by atoms with Gasteiger partial charge >= 0.3 is 5.97 Å². The zero-order valence-corrected chi connectivity index (χ0v) is 11.4. The van der Waals surface area contributed by atoms with Gasteiger partial charge in [0, 0.05) is 6.54 Å². The molecule has 0 aromatic heterocycles. The number of carbonyl (C=O) groups excluding carboxylic acids is 1. The minimum absolute atomic E-state index is 0.0278. The van der Waals surface area contributed by atoms with Crippen molar-refractivity contribution >= 4 is 23.5 Å². The van der Waals surface area contributed by atoms with Gasteiger partial charge in [0.25, 0.3) is 5.91 Å². The normalized spacial score (nSPS) is 18.6. The molecule has 2 rings (SSSR count). The van der Waals surface area contributed by atoms with E-state index in [0.29, 0.717) is 17.3 Å².